The van der Waals surface area contributed by atoms with E-state index < -0.39 is 0 Å². The van der Waals surface area contributed by atoms with E-state index in [1.54, 1.807) is 12.1 Å². The fourth-order valence-electron chi connectivity index (χ4n) is 1.52. The number of hydrogen-bond acceptors (Lipinski definition) is 1. The first kappa shape index (κ1) is 7.74. The summed E-state index contributed by atoms with van der Waals surface area (Å²) in [6.07, 6.45) is 2.37. The molecule has 1 unspecified atom stereocenters. The van der Waals surface area contributed by atoms with Gasteiger partial charge in [-0.3, -0.25) is 0 Å². The molecule has 0 spiro atoms. The van der Waals surface area contributed by atoms with Crippen molar-refractivity contribution in [3.05, 3.63) is 35.6 Å². The maximum atomic E-state index is 12.5. The van der Waals surface area contributed by atoms with Gasteiger partial charge in [0.05, 0.1) is 6.10 Å². The zero-order valence-electron chi connectivity index (χ0n) is 6.79. The molecule has 0 aromatic heterocycles. The topological polar surface area (TPSA) is 9.23 Å². The predicted molar refractivity (Wildman–Crippen MR) is 44.3 cm³/mol. The van der Waals surface area contributed by atoms with Crippen LogP contribution in [0.2, 0.25) is 0 Å². The van der Waals surface area contributed by atoms with Crippen LogP contribution in [0.5, 0.6) is 0 Å². The van der Waals surface area contributed by atoms with E-state index in [-0.39, 0.29) is 11.9 Å². The van der Waals surface area contributed by atoms with Gasteiger partial charge in [-0.2, -0.15) is 0 Å². The molecule has 2 heteroatoms. The minimum Gasteiger partial charge on any atom is -0.374 e. The molecule has 12 heavy (non-hydrogen) atoms. The first-order valence-corrected chi connectivity index (χ1v) is 4.23. The molecule has 1 aliphatic rings. The van der Waals surface area contributed by atoms with Gasteiger partial charge in [-0.1, -0.05) is 12.1 Å². The van der Waals surface area contributed by atoms with E-state index in [1.165, 1.54) is 12.1 Å². The second-order valence-corrected chi connectivity index (χ2v) is 3.05. The average molecular weight is 166 g/mol. The molecule has 1 aromatic carbocycles. The third-order valence-electron chi connectivity index (χ3n) is 2.17. The van der Waals surface area contributed by atoms with E-state index >= 15 is 0 Å². The first-order chi connectivity index (χ1) is 5.86. The predicted octanol–water partition coefficient (Wildman–Crippen LogP) is 2.68. The third-order valence-corrected chi connectivity index (χ3v) is 2.17. The van der Waals surface area contributed by atoms with Gasteiger partial charge in [0, 0.05) is 6.61 Å². The van der Waals surface area contributed by atoms with Gasteiger partial charge in [0.2, 0.25) is 0 Å². The highest BCUT2D eigenvalue weighted by molar-refractivity contribution is 5.19. The first-order valence-electron chi connectivity index (χ1n) is 4.23. The standard InChI is InChI=1S/C10H11FO/c11-9-5-3-8(4-6-9)10-2-1-7-12-10/h3-6,10H,1-2,7H2. The maximum Gasteiger partial charge on any atom is 0.123 e. The van der Waals surface area contributed by atoms with Crippen molar-refractivity contribution < 1.29 is 9.13 Å². The van der Waals surface area contributed by atoms with Gasteiger partial charge in [-0.15, -0.1) is 0 Å². The zero-order chi connectivity index (χ0) is 8.39. The van der Waals surface area contributed by atoms with Gasteiger partial charge in [0.1, 0.15) is 5.82 Å². The molecule has 0 radical (unpaired) electrons. The number of ether oxygens (including phenoxy) is 1. The molecule has 0 saturated carbocycles. The fraction of sp³-hybridized carbons (Fsp3) is 0.400. The van der Waals surface area contributed by atoms with Crippen LogP contribution in [0, 0.1) is 5.82 Å². The van der Waals surface area contributed by atoms with Crippen molar-refractivity contribution in [1.82, 2.24) is 0 Å². The molecule has 1 heterocycles. The van der Waals surface area contributed by atoms with Crippen LogP contribution >= 0.6 is 0 Å². The second-order valence-electron chi connectivity index (χ2n) is 3.05. The number of benzene rings is 1. The molecule has 64 valence electrons. The summed E-state index contributed by atoms with van der Waals surface area (Å²) in [6.45, 7) is 0.835. The molecule has 1 aliphatic heterocycles. The van der Waals surface area contributed by atoms with E-state index in [4.69, 9.17) is 4.74 Å². The Morgan fingerprint density at radius 1 is 1.25 bits per heavy atom. The van der Waals surface area contributed by atoms with Gasteiger partial charge >= 0.3 is 0 Å². The van der Waals surface area contributed by atoms with Crippen molar-refractivity contribution in [3.8, 4) is 0 Å². The quantitative estimate of drug-likeness (QED) is 0.623. The summed E-state index contributed by atoms with van der Waals surface area (Å²) in [5.41, 5.74) is 1.09. The lowest BCUT2D eigenvalue weighted by Gasteiger charge is -2.08. The van der Waals surface area contributed by atoms with Crippen molar-refractivity contribution in [3.63, 3.8) is 0 Å². The van der Waals surface area contributed by atoms with Crippen molar-refractivity contribution in [2.75, 3.05) is 6.61 Å². The number of hydrogen-bond donors (Lipinski definition) is 0. The van der Waals surface area contributed by atoms with E-state index in [1.807, 2.05) is 0 Å². The molecule has 1 aromatic rings. The Balaban J connectivity index is 2.17. The molecule has 0 aliphatic carbocycles. The van der Waals surface area contributed by atoms with Crippen LogP contribution in [0.15, 0.2) is 24.3 Å². The second kappa shape index (κ2) is 3.23. The van der Waals surface area contributed by atoms with E-state index in [0.717, 1.165) is 25.0 Å². The maximum absolute atomic E-state index is 12.5. The van der Waals surface area contributed by atoms with Gasteiger partial charge < -0.3 is 4.74 Å². The van der Waals surface area contributed by atoms with E-state index in [0.29, 0.717) is 0 Å². The highest BCUT2D eigenvalue weighted by Gasteiger charge is 2.16. The van der Waals surface area contributed by atoms with Crippen molar-refractivity contribution in [2.24, 2.45) is 0 Å². The van der Waals surface area contributed by atoms with Gasteiger partial charge in [-0.25, -0.2) is 4.39 Å². The molecular formula is C10H11FO. The minimum absolute atomic E-state index is 0.184. The normalized spacial score (nSPS) is 22.9. The molecular weight excluding hydrogens is 155 g/mol. The minimum atomic E-state index is -0.184. The largest absolute Gasteiger partial charge is 0.374 e. The van der Waals surface area contributed by atoms with Crippen molar-refractivity contribution in [1.29, 1.82) is 0 Å². The lowest BCUT2D eigenvalue weighted by Crippen LogP contribution is -1.94. The Kier molecular flexibility index (Phi) is 2.09. The number of rotatable bonds is 1. The SMILES string of the molecule is Fc1ccc(C2CCCO2)cc1. The fourth-order valence-corrected chi connectivity index (χ4v) is 1.52. The van der Waals surface area contributed by atoms with Crippen LogP contribution in [0.1, 0.15) is 24.5 Å². The highest BCUT2D eigenvalue weighted by Crippen LogP contribution is 2.28. The molecule has 1 atom stereocenters. The van der Waals surface area contributed by atoms with Crippen LogP contribution in [-0.2, 0) is 4.74 Å². The third kappa shape index (κ3) is 1.48. The molecule has 2 rings (SSSR count). The summed E-state index contributed by atoms with van der Waals surface area (Å²) < 4.78 is 18.0. The van der Waals surface area contributed by atoms with Gasteiger partial charge in [0.15, 0.2) is 0 Å². The van der Waals surface area contributed by atoms with Crippen LogP contribution in [0.3, 0.4) is 0 Å². The van der Waals surface area contributed by atoms with Crippen LogP contribution < -0.4 is 0 Å². The van der Waals surface area contributed by atoms with Crippen molar-refractivity contribution in [2.45, 2.75) is 18.9 Å². The Morgan fingerprint density at radius 3 is 2.58 bits per heavy atom. The molecule has 0 N–H and O–H groups in total. The zero-order valence-corrected chi connectivity index (χ0v) is 6.79. The lowest BCUT2D eigenvalue weighted by atomic mass is 10.1. The molecule has 1 fully saturated rings. The molecule has 1 nitrogen and oxygen atoms in total. The summed E-state index contributed by atoms with van der Waals surface area (Å²) in [5, 5.41) is 0. The summed E-state index contributed by atoms with van der Waals surface area (Å²) in [4.78, 5) is 0. The summed E-state index contributed by atoms with van der Waals surface area (Å²) >= 11 is 0. The Hall–Kier alpha value is -0.890. The molecule has 1 saturated heterocycles. The molecule has 0 bridgehead atoms. The van der Waals surface area contributed by atoms with E-state index in [2.05, 4.69) is 0 Å². The number of halogens is 1. The average Bonchev–Trinajstić information content (AvgIpc) is 2.58. The van der Waals surface area contributed by atoms with E-state index in [9.17, 15) is 4.39 Å². The summed E-state index contributed by atoms with van der Waals surface area (Å²) in [6, 6.07) is 6.56. The van der Waals surface area contributed by atoms with Gasteiger partial charge in [0.25, 0.3) is 0 Å². The van der Waals surface area contributed by atoms with Crippen molar-refractivity contribution >= 4 is 0 Å². The lowest BCUT2D eigenvalue weighted by molar-refractivity contribution is 0.112. The Morgan fingerprint density at radius 2 is 2.00 bits per heavy atom. The summed E-state index contributed by atoms with van der Waals surface area (Å²) in [5.74, 6) is -0.184. The van der Waals surface area contributed by atoms with Crippen LogP contribution in [0.25, 0.3) is 0 Å². The monoisotopic (exact) mass is 166 g/mol. The summed E-state index contributed by atoms with van der Waals surface area (Å²) in [7, 11) is 0. The highest BCUT2D eigenvalue weighted by atomic mass is 19.1. The van der Waals surface area contributed by atoms with Crippen LogP contribution in [-0.4, -0.2) is 6.61 Å². The molecule has 0 amide bonds. The van der Waals surface area contributed by atoms with Crippen LogP contribution in [0.4, 0.5) is 4.39 Å². The van der Waals surface area contributed by atoms with Gasteiger partial charge in [-0.05, 0) is 30.5 Å². The Bertz CT molecular complexity index is 249. The Labute approximate surface area is 71.2 Å². The smallest absolute Gasteiger partial charge is 0.123 e.